The topological polar surface area (TPSA) is 96.0 Å². The zero-order chi connectivity index (χ0) is 15.7. The fourth-order valence-corrected chi connectivity index (χ4v) is 3.10. The minimum Gasteiger partial charge on any atom is -0.370 e. The number of amides is 1. The number of carbonyl (C=O) groups is 1. The smallest absolute Gasteiger partial charge is 0.328 e. The van der Waals surface area contributed by atoms with E-state index in [1.165, 1.54) is 0 Å². The first kappa shape index (κ1) is 15.8. The fourth-order valence-electron chi connectivity index (χ4n) is 2.47. The van der Waals surface area contributed by atoms with Gasteiger partial charge in [-0.15, -0.1) is 0 Å². The first-order valence-electron chi connectivity index (χ1n) is 6.71. The maximum atomic E-state index is 12.0. The van der Waals surface area contributed by atoms with Crippen LogP contribution < -0.4 is 17.2 Å². The molecule has 6 nitrogen and oxygen atoms in total. The summed E-state index contributed by atoms with van der Waals surface area (Å²) in [6.45, 7) is 0. The standard InChI is InChI=1S/C14H19BrN4O2/c1-18-11-6-8(10(16)4-3-5-13(17)20)9(15)7-12(11)19(2)14(18)21/h6-7,10H,3-5,16H2,1-2H3,(H2,17,20). The molecule has 0 radical (unpaired) electrons. The van der Waals surface area contributed by atoms with Crippen molar-refractivity contribution in [2.75, 3.05) is 0 Å². The highest BCUT2D eigenvalue weighted by Gasteiger charge is 2.15. The summed E-state index contributed by atoms with van der Waals surface area (Å²) in [4.78, 5) is 22.7. The molecule has 114 valence electrons. The van der Waals surface area contributed by atoms with Crippen LogP contribution in [0.2, 0.25) is 0 Å². The summed E-state index contributed by atoms with van der Waals surface area (Å²) in [7, 11) is 3.48. The molecule has 0 aliphatic heterocycles. The highest BCUT2D eigenvalue weighted by Crippen LogP contribution is 2.29. The van der Waals surface area contributed by atoms with E-state index < -0.39 is 0 Å². The van der Waals surface area contributed by atoms with Crippen LogP contribution in [0.5, 0.6) is 0 Å². The van der Waals surface area contributed by atoms with Crippen LogP contribution in [0.1, 0.15) is 30.9 Å². The van der Waals surface area contributed by atoms with E-state index in [2.05, 4.69) is 15.9 Å². The van der Waals surface area contributed by atoms with Gasteiger partial charge in [0.15, 0.2) is 0 Å². The molecule has 0 saturated carbocycles. The maximum Gasteiger partial charge on any atom is 0.328 e. The molecular formula is C14H19BrN4O2. The predicted molar refractivity (Wildman–Crippen MR) is 85.8 cm³/mol. The Morgan fingerprint density at radius 2 is 1.86 bits per heavy atom. The van der Waals surface area contributed by atoms with Gasteiger partial charge in [0.05, 0.1) is 11.0 Å². The quantitative estimate of drug-likeness (QED) is 0.846. The van der Waals surface area contributed by atoms with Crippen molar-refractivity contribution in [3.05, 3.63) is 32.7 Å². The molecule has 21 heavy (non-hydrogen) atoms. The van der Waals surface area contributed by atoms with Gasteiger partial charge in [0.1, 0.15) is 0 Å². The number of hydrogen-bond donors (Lipinski definition) is 2. The first-order chi connectivity index (χ1) is 9.82. The maximum absolute atomic E-state index is 12.0. The number of benzene rings is 1. The van der Waals surface area contributed by atoms with E-state index in [-0.39, 0.29) is 17.6 Å². The van der Waals surface area contributed by atoms with Gasteiger partial charge in [-0.05, 0) is 30.5 Å². The zero-order valence-corrected chi connectivity index (χ0v) is 13.7. The normalized spacial score (nSPS) is 12.8. The van der Waals surface area contributed by atoms with E-state index in [1.807, 2.05) is 12.1 Å². The van der Waals surface area contributed by atoms with Crippen molar-refractivity contribution in [2.24, 2.45) is 25.6 Å². The van der Waals surface area contributed by atoms with Crippen LogP contribution in [-0.2, 0) is 18.9 Å². The van der Waals surface area contributed by atoms with Gasteiger partial charge in [-0.1, -0.05) is 15.9 Å². The Balaban J connectivity index is 2.36. The molecule has 1 aromatic heterocycles. The highest BCUT2D eigenvalue weighted by molar-refractivity contribution is 9.10. The number of aromatic nitrogens is 2. The molecule has 0 bridgehead atoms. The summed E-state index contributed by atoms with van der Waals surface area (Å²) < 4.78 is 4.06. The van der Waals surface area contributed by atoms with Gasteiger partial charge in [0.2, 0.25) is 5.91 Å². The second-order valence-corrected chi connectivity index (χ2v) is 6.08. The van der Waals surface area contributed by atoms with Crippen LogP contribution in [0.25, 0.3) is 11.0 Å². The van der Waals surface area contributed by atoms with Gasteiger partial charge < -0.3 is 11.5 Å². The Hall–Kier alpha value is -1.60. The number of carbonyl (C=O) groups excluding carboxylic acids is 1. The molecule has 2 rings (SSSR count). The third kappa shape index (κ3) is 3.03. The van der Waals surface area contributed by atoms with Crippen LogP contribution in [0, 0.1) is 0 Å². The molecular weight excluding hydrogens is 336 g/mol. The van der Waals surface area contributed by atoms with Crippen LogP contribution in [0.3, 0.4) is 0 Å². The lowest BCUT2D eigenvalue weighted by atomic mass is 10.0. The predicted octanol–water partition coefficient (Wildman–Crippen LogP) is 1.29. The van der Waals surface area contributed by atoms with Gasteiger partial charge in [0.25, 0.3) is 0 Å². The van der Waals surface area contributed by atoms with Crippen molar-refractivity contribution >= 4 is 32.9 Å². The third-order valence-corrected chi connectivity index (χ3v) is 4.41. The molecule has 1 unspecified atom stereocenters. The van der Waals surface area contributed by atoms with Crippen LogP contribution in [0.15, 0.2) is 21.4 Å². The third-order valence-electron chi connectivity index (χ3n) is 3.73. The van der Waals surface area contributed by atoms with Gasteiger partial charge in [-0.25, -0.2) is 4.79 Å². The molecule has 0 saturated heterocycles. The molecule has 7 heteroatoms. The van der Waals surface area contributed by atoms with Crippen molar-refractivity contribution in [3.8, 4) is 0 Å². The van der Waals surface area contributed by atoms with Gasteiger partial charge in [-0.2, -0.15) is 0 Å². The van der Waals surface area contributed by atoms with Crippen molar-refractivity contribution in [1.29, 1.82) is 0 Å². The SMILES string of the molecule is Cn1c(=O)n(C)c2cc(C(N)CCCC(N)=O)c(Br)cc21. The number of halogens is 1. The van der Waals surface area contributed by atoms with Crippen molar-refractivity contribution in [2.45, 2.75) is 25.3 Å². The lowest BCUT2D eigenvalue weighted by molar-refractivity contribution is -0.118. The Morgan fingerprint density at radius 3 is 2.43 bits per heavy atom. The summed E-state index contributed by atoms with van der Waals surface area (Å²) in [5.74, 6) is -0.317. The minimum atomic E-state index is -0.317. The van der Waals surface area contributed by atoms with Gasteiger partial charge in [0, 0.05) is 31.0 Å². The summed E-state index contributed by atoms with van der Waals surface area (Å²) in [5.41, 5.74) is 13.9. The largest absolute Gasteiger partial charge is 0.370 e. The number of primary amides is 1. The zero-order valence-electron chi connectivity index (χ0n) is 12.1. The summed E-state index contributed by atoms with van der Waals surface area (Å²) in [6.07, 6.45) is 1.64. The molecule has 1 heterocycles. The van der Waals surface area contributed by atoms with E-state index in [9.17, 15) is 9.59 Å². The first-order valence-corrected chi connectivity index (χ1v) is 7.51. The lowest BCUT2D eigenvalue weighted by Crippen LogP contribution is -2.19. The average molecular weight is 355 g/mol. The molecule has 1 amide bonds. The molecule has 2 aromatic rings. The Morgan fingerprint density at radius 1 is 1.29 bits per heavy atom. The Bertz CT molecular complexity index is 747. The molecule has 0 fully saturated rings. The van der Waals surface area contributed by atoms with Crippen LogP contribution in [0.4, 0.5) is 0 Å². The molecule has 0 aliphatic rings. The summed E-state index contributed by atoms with van der Waals surface area (Å²) >= 11 is 3.51. The van der Waals surface area contributed by atoms with Gasteiger partial charge >= 0.3 is 5.69 Å². The fraction of sp³-hybridized carbons (Fsp3) is 0.429. The monoisotopic (exact) mass is 354 g/mol. The lowest BCUT2D eigenvalue weighted by Gasteiger charge is -2.14. The molecule has 1 atom stereocenters. The number of nitrogens with zero attached hydrogens (tertiary/aromatic N) is 2. The van der Waals surface area contributed by atoms with Crippen molar-refractivity contribution < 1.29 is 4.79 Å². The number of imidazole rings is 1. The highest BCUT2D eigenvalue weighted by atomic mass is 79.9. The summed E-state index contributed by atoms with van der Waals surface area (Å²) in [6, 6.07) is 3.62. The second-order valence-electron chi connectivity index (χ2n) is 5.23. The van der Waals surface area contributed by atoms with Crippen molar-refractivity contribution in [1.82, 2.24) is 9.13 Å². The number of nitrogens with two attached hydrogens (primary N) is 2. The summed E-state index contributed by atoms with van der Waals surface area (Å²) in [5, 5.41) is 0. The minimum absolute atomic E-state index is 0.0728. The van der Waals surface area contributed by atoms with E-state index in [4.69, 9.17) is 11.5 Å². The molecule has 1 aromatic carbocycles. The van der Waals surface area contributed by atoms with Crippen LogP contribution >= 0.6 is 15.9 Å². The Labute approximate surface area is 130 Å². The van der Waals surface area contributed by atoms with Gasteiger partial charge in [-0.3, -0.25) is 13.9 Å². The van der Waals surface area contributed by atoms with E-state index >= 15 is 0 Å². The van der Waals surface area contributed by atoms with Crippen molar-refractivity contribution in [3.63, 3.8) is 0 Å². The van der Waals surface area contributed by atoms with Crippen LogP contribution in [-0.4, -0.2) is 15.0 Å². The average Bonchev–Trinajstić information content (AvgIpc) is 2.62. The van der Waals surface area contributed by atoms with E-state index in [1.54, 1.807) is 23.2 Å². The number of aryl methyl sites for hydroxylation is 2. The number of hydrogen-bond acceptors (Lipinski definition) is 3. The number of fused-ring (bicyclic) bond motifs is 1. The van der Waals surface area contributed by atoms with E-state index in [0.717, 1.165) is 21.1 Å². The second kappa shape index (κ2) is 6.03. The Kier molecular flexibility index (Phi) is 4.53. The molecule has 0 spiro atoms. The molecule has 0 aliphatic carbocycles. The van der Waals surface area contributed by atoms with E-state index in [0.29, 0.717) is 19.3 Å². The molecule has 4 N–H and O–H groups in total. The number of rotatable bonds is 5.